The van der Waals surface area contributed by atoms with E-state index < -0.39 is 0 Å². The number of nitrogens with two attached hydrogens (primary N) is 1. The van der Waals surface area contributed by atoms with Gasteiger partial charge in [-0.05, 0) is 31.9 Å². The first-order chi connectivity index (χ1) is 10.1. The van der Waals surface area contributed by atoms with Crippen LogP contribution in [0.4, 0.5) is 0 Å². The number of nitrogens with zero attached hydrogens (tertiary/aromatic N) is 1. The highest BCUT2D eigenvalue weighted by Crippen LogP contribution is 2.19. The molecule has 0 saturated carbocycles. The first kappa shape index (κ1) is 18.5. The van der Waals surface area contributed by atoms with Crippen LogP contribution in [-0.2, 0) is 4.79 Å². The summed E-state index contributed by atoms with van der Waals surface area (Å²) in [6.45, 7) is 4.12. The first-order valence-electron chi connectivity index (χ1n) is 7.45. The van der Waals surface area contributed by atoms with E-state index in [1.807, 2.05) is 31.2 Å². The molecule has 0 radical (unpaired) electrons. The van der Waals surface area contributed by atoms with Gasteiger partial charge in [-0.2, -0.15) is 0 Å². The van der Waals surface area contributed by atoms with Crippen molar-refractivity contribution >= 4 is 24.2 Å². The second-order valence-electron chi connectivity index (χ2n) is 5.54. The number of hydrogen-bond acceptors (Lipinski definition) is 3. The summed E-state index contributed by atoms with van der Waals surface area (Å²) in [5, 5.41) is 2.81. The maximum atomic E-state index is 12.5. The fraction of sp³-hybridized carbons (Fsp3) is 0.500. The Morgan fingerprint density at radius 1 is 1.32 bits per heavy atom. The normalized spacial score (nSPS) is 17.5. The number of carbonyl (C=O) groups excluding carboxylic acids is 2. The number of benzene rings is 1. The van der Waals surface area contributed by atoms with Gasteiger partial charge < -0.3 is 16.0 Å². The number of carbonyl (C=O) groups is 2. The number of nitrogens with one attached hydrogen (secondary N) is 1. The molecule has 1 aromatic carbocycles. The Kier molecular flexibility index (Phi) is 7.35. The van der Waals surface area contributed by atoms with Gasteiger partial charge in [0.05, 0.1) is 5.92 Å². The van der Waals surface area contributed by atoms with Crippen LogP contribution in [0.2, 0.25) is 0 Å². The van der Waals surface area contributed by atoms with Gasteiger partial charge in [0, 0.05) is 31.7 Å². The average molecular weight is 326 g/mol. The summed E-state index contributed by atoms with van der Waals surface area (Å²) in [4.78, 5) is 26.2. The van der Waals surface area contributed by atoms with Crippen molar-refractivity contribution in [3.05, 3.63) is 35.4 Å². The lowest BCUT2D eigenvalue weighted by Gasteiger charge is -2.32. The Morgan fingerprint density at radius 2 is 2.00 bits per heavy atom. The molecule has 1 unspecified atom stereocenters. The van der Waals surface area contributed by atoms with Crippen LogP contribution in [0.1, 0.15) is 28.8 Å². The fourth-order valence-electron chi connectivity index (χ4n) is 2.59. The third-order valence-electron chi connectivity index (χ3n) is 3.82. The fourth-order valence-corrected chi connectivity index (χ4v) is 2.59. The van der Waals surface area contributed by atoms with Crippen LogP contribution in [-0.4, -0.2) is 42.9 Å². The quantitative estimate of drug-likeness (QED) is 0.877. The van der Waals surface area contributed by atoms with Crippen LogP contribution in [0.25, 0.3) is 0 Å². The van der Waals surface area contributed by atoms with Crippen LogP contribution in [0, 0.1) is 12.8 Å². The Labute approximate surface area is 137 Å². The van der Waals surface area contributed by atoms with Crippen molar-refractivity contribution in [1.29, 1.82) is 0 Å². The molecule has 1 atom stereocenters. The molecule has 0 aliphatic carbocycles. The van der Waals surface area contributed by atoms with Gasteiger partial charge in [0.15, 0.2) is 0 Å². The highest BCUT2D eigenvalue weighted by molar-refractivity contribution is 5.94. The number of amides is 2. The molecule has 6 heteroatoms. The molecular formula is C16H24ClN3O2. The van der Waals surface area contributed by atoms with Crippen LogP contribution >= 0.6 is 12.4 Å². The third kappa shape index (κ3) is 4.71. The summed E-state index contributed by atoms with van der Waals surface area (Å²) in [6, 6.07) is 7.55. The Hall–Kier alpha value is -1.59. The van der Waals surface area contributed by atoms with Gasteiger partial charge in [0.2, 0.25) is 5.91 Å². The summed E-state index contributed by atoms with van der Waals surface area (Å²) in [5.41, 5.74) is 7.20. The maximum Gasteiger partial charge on any atom is 0.253 e. The molecule has 0 spiro atoms. The van der Waals surface area contributed by atoms with Crippen LogP contribution in [0.3, 0.4) is 0 Å². The molecular weight excluding hydrogens is 302 g/mol. The van der Waals surface area contributed by atoms with E-state index in [1.54, 1.807) is 4.90 Å². The minimum atomic E-state index is -0.125. The van der Waals surface area contributed by atoms with Crippen LogP contribution in [0.5, 0.6) is 0 Å². The number of likely N-dealkylation sites (tertiary alicyclic amines) is 1. The lowest BCUT2D eigenvalue weighted by atomic mass is 9.96. The lowest BCUT2D eigenvalue weighted by molar-refractivity contribution is -0.126. The summed E-state index contributed by atoms with van der Waals surface area (Å²) in [5.74, 6) is -0.118. The van der Waals surface area contributed by atoms with E-state index >= 15 is 0 Å². The highest BCUT2D eigenvalue weighted by atomic mass is 35.5. The number of aryl methyl sites for hydroxylation is 1. The molecule has 5 nitrogen and oxygen atoms in total. The summed E-state index contributed by atoms with van der Waals surface area (Å²) in [7, 11) is 0. The molecule has 1 saturated heterocycles. The number of piperidine rings is 1. The van der Waals surface area contributed by atoms with Crippen molar-refractivity contribution in [3.8, 4) is 0 Å². The zero-order valence-electron chi connectivity index (χ0n) is 12.9. The number of hydrogen-bond donors (Lipinski definition) is 2. The smallest absolute Gasteiger partial charge is 0.253 e. The van der Waals surface area contributed by atoms with E-state index in [4.69, 9.17) is 5.73 Å². The lowest BCUT2D eigenvalue weighted by Crippen LogP contribution is -2.46. The van der Waals surface area contributed by atoms with Crippen molar-refractivity contribution in [2.24, 2.45) is 11.7 Å². The second-order valence-corrected chi connectivity index (χ2v) is 5.54. The molecule has 0 bridgehead atoms. The molecule has 22 heavy (non-hydrogen) atoms. The van der Waals surface area contributed by atoms with Crippen molar-refractivity contribution in [2.45, 2.75) is 19.8 Å². The van der Waals surface area contributed by atoms with Gasteiger partial charge in [-0.3, -0.25) is 9.59 Å². The van der Waals surface area contributed by atoms with Crippen LogP contribution < -0.4 is 11.1 Å². The maximum absolute atomic E-state index is 12.5. The van der Waals surface area contributed by atoms with Gasteiger partial charge in [0.25, 0.3) is 5.91 Å². The van der Waals surface area contributed by atoms with Gasteiger partial charge in [-0.1, -0.05) is 17.7 Å². The predicted molar refractivity (Wildman–Crippen MR) is 89.1 cm³/mol. The van der Waals surface area contributed by atoms with Crippen LogP contribution in [0.15, 0.2) is 24.3 Å². The molecule has 1 aromatic rings. The molecule has 1 aliphatic rings. The monoisotopic (exact) mass is 325 g/mol. The molecule has 1 aliphatic heterocycles. The van der Waals surface area contributed by atoms with Crippen molar-refractivity contribution in [2.75, 3.05) is 26.2 Å². The minimum Gasteiger partial charge on any atom is -0.355 e. The van der Waals surface area contributed by atoms with Gasteiger partial charge in [0.1, 0.15) is 0 Å². The highest BCUT2D eigenvalue weighted by Gasteiger charge is 2.28. The van der Waals surface area contributed by atoms with E-state index in [1.165, 1.54) is 0 Å². The van der Waals surface area contributed by atoms with Crippen molar-refractivity contribution in [3.63, 3.8) is 0 Å². The molecule has 122 valence electrons. The summed E-state index contributed by atoms with van der Waals surface area (Å²) in [6.07, 6.45) is 1.69. The second kappa shape index (κ2) is 8.76. The molecule has 1 fully saturated rings. The van der Waals surface area contributed by atoms with Crippen molar-refractivity contribution in [1.82, 2.24) is 10.2 Å². The Balaban J connectivity index is 0.00000242. The van der Waals surface area contributed by atoms with E-state index in [2.05, 4.69) is 5.32 Å². The molecule has 3 N–H and O–H groups in total. The van der Waals surface area contributed by atoms with E-state index in [9.17, 15) is 9.59 Å². The van der Waals surface area contributed by atoms with E-state index in [-0.39, 0.29) is 30.1 Å². The Bertz CT molecular complexity index is 505. The number of rotatable bonds is 4. The SMILES string of the molecule is Cc1ccc(C(=O)N2CCCC(C(=O)NCCN)C2)cc1.Cl. The molecule has 0 aromatic heterocycles. The zero-order chi connectivity index (χ0) is 15.2. The summed E-state index contributed by atoms with van der Waals surface area (Å²) >= 11 is 0. The van der Waals surface area contributed by atoms with Gasteiger partial charge >= 0.3 is 0 Å². The standard InChI is InChI=1S/C16H23N3O2.ClH/c1-12-4-6-13(7-5-12)16(21)19-10-2-3-14(11-19)15(20)18-9-8-17;/h4-7,14H,2-3,8-11,17H2,1H3,(H,18,20);1H. The molecule has 1 heterocycles. The first-order valence-corrected chi connectivity index (χ1v) is 7.45. The number of halogens is 1. The van der Waals surface area contributed by atoms with Gasteiger partial charge in [-0.25, -0.2) is 0 Å². The summed E-state index contributed by atoms with van der Waals surface area (Å²) < 4.78 is 0. The molecule has 2 rings (SSSR count). The zero-order valence-corrected chi connectivity index (χ0v) is 13.7. The minimum absolute atomic E-state index is 0. The van der Waals surface area contributed by atoms with Gasteiger partial charge in [-0.15, -0.1) is 12.4 Å². The van der Waals surface area contributed by atoms with Crippen molar-refractivity contribution < 1.29 is 9.59 Å². The van der Waals surface area contributed by atoms with E-state index in [0.29, 0.717) is 31.7 Å². The topological polar surface area (TPSA) is 75.4 Å². The third-order valence-corrected chi connectivity index (χ3v) is 3.82. The predicted octanol–water partition coefficient (Wildman–Crippen LogP) is 1.34. The Morgan fingerprint density at radius 3 is 2.64 bits per heavy atom. The average Bonchev–Trinajstić information content (AvgIpc) is 2.52. The largest absolute Gasteiger partial charge is 0.355 e. The molecule has 2 amide bonds. The van der Waals surface area contributed by atoms with E-state index in [0.717, 1.165) is 18.4 Å².